The second-order valence-electron chi connectivity index (χ2n) is 7.65. The molecule has 8 nitrogen and oxygen atoms in total. The number of anilines is 1. The van der Waals surface area contributed by atoms with Crippen LogP contribution in [0, 0.1) is 0 Å². The van der Waals surface area contributed by atoms with E-state index in [0.717, 1.165) is 13.0 Å². The van der Waals surface area contributed by atoms with E-state index in [4.69, 9.17) is 4.74 Å². The molecule has 154 valence electrons. The lowest BCUT2D eigenvalue weighted by atomic mass is 9.93. The zero-order valence-electron chi connectivity index (χ0n) is 16.5. The minimum absolute atomic E-state index is 0.174. The largest absolute Gasteiger partial charge is 0.390 e. The van der Waals surface area contributed by atoms with Crippen LogP contribution in [-0.2, 0) is 11.2 Å². The molecule has 2 aliphatic rings. The zero-order valence-corrected chi connectivity index (χ0v) is 16.5. The summed E-state index contributed by atoms with van der Waals surface area (Å²) in [6.07, 6.45) is 1.68. The first-order valence-corrected chi connectivity index (χ1v) is 10.0. The first kappa shape index (κ1) is 19.8. The highest BCUT2D eigenvalue weighted by molar-refractivity contribution is 5.92. The standard InChI is InChI=1S/C21H27N5O3/c1-14-18-5-3-2-4-15(18)6-7-26(14)10-17(27)9-22-21(28)19-8-20(24-13-23-19)25-16-11-29-12-16/h2-5,8,13-14,16-17,27H,6-7,9-12H2,1H3,(H,22,28)(H,23,24,25). The Kier molecular flexibility index (Phi) is 6.03. The van der Waals surface area contributed by atoms with Gasteiger partial charge in [-0.1, -0.05) is 24.3 Å². The Hall–Kier alpha value is -2.55. The molecular formula is C21H27N5O3. The van der Waals surface area contributed by atoms with E-state index >= 15 is 0 Å². The molecule has 0 spiro atoms. The second-order valence-corrected chi connectivity index (χ2v) is 7.65. The minimum Gasteiger partial charge on any atom is -0.390 e. The van der Waals surface area contributed by atoms with Gasteiger partial charge in [0.1, 0.15) is 17.8 Å². The van der Waals surface area contributed by atoms with Crippen molar-refractivity contribution in [1.82, 2.24) is 20.2 Å². The Morgan fingerprint density at radius 3 is 2.97 bits per heavy atom. The van der Waals surface area contributed by atoms with Crippen LogP contribution in [0.3, 0.4) is 0 Å². The lowest BCUT2D eigenvalue weighted by Crippen LogP contribution is -2.43. The van der Waals surface area contributed by atoms with Gasteiger partial charge >= 0.3 is 0 Å². The third kappa shape index (κ3) is 4.72. The number of fused-ring (bicyclic) bond motifs is 1. The summed E-state index contributed by atoms with van der Waals surface area (Å²) in [5.74, 6) is 0.274. The first-order chi connectivity index (χ1) is 14.1. The predicted octanol–water partition coefficient (Wildman–Crippen LogP) is 0.997. The Balaban J connectivity index is 1.28. The number of hydrogen-bond donors (Lipinski definition) is 3. The number of nitrogens with one attached hydrogen (secondary N) is 2. The number of ether oxygens (including phenoxy) is 1. The van der Waals surface area contributed by atoms with Gasteiger partial charge in [-0.2, -0.15) is 0 Å². The molecule has 0 aliphatic carbocycles. The normalized spacial score (nSPS) is 20.4. The third-order valence-electron chi connectivity index (χ3n) is 5.55. The van der Waals surface area contributed by atoms with E-state index in [1.807, 2.05) is 0 Å². The smallest absolute Gasteiger partial charge is 0.270 e. The molecule has 1 saturated heterocycles. The summed E-state index contributed by atoms with van der Waals surface area (Å²) >= 11 is 0. The molecule has 3 heterocycles. The van der Waals surface area contributed by atoms with E-state index in [-0.39, 0.29) is 30.2 Å². The van der Waals surface area contributed by atoms with Crippen LogP contribution in [0.2, 0.25) is 0 Å². The van der Waals surface area contributed by atoms with Gasteiger partial charge in [0, 0.05) is 31.7 Å². The molecule has 1 aromatic heterocycles. The van der Waals surface area contributed by atoms with Crippen molar-refractivity contribution in [2.75, 3.05) is 38.2 Å². The van der Waals surface area contributed by atoms with Crippen LogP contribution in [0.4, 0.5) is 5.82 Å². The van der Waals surface area contributed by atoms with Crippen molar-refractivity contribution < 1.29 is 14.6 Å². The third-order valence-corrected chi connectivity index (χ3v) is 5.55. The van der Waals surface area contributed by atoms with Gasteiger partial charge < -0.3 is 20.5 Å². The zero-order chi connectivity index (χ0) is 20.2. The van der Waals surface area contributed by atoms with Gasteiger partial charge in [-0.05, 0) is 24.5 Å². The Labute approximate surface area is 170 Å². The Bertz CT molecular complexity index is 858. The summed E-state index contributed by atoms with van der Waals surface area (Å²) in [7, 11) is 0. The van der Waals surface area contributed by atoms with E-state index in [0.29, 0.717) is 25.6 Å². The molecule has 0 saturated carbocycles. The van der Waals surface area contributed by atoms with Crippen LogP contribution in [-0.4, -0.2) is 70.9 Å². The molecule has 1 aromatic carbocycles. The summed E-state index contributed by atoms with van der Waals surface area (Å²) in [5, 5.41) is 16.4. The molecule has 8 heteroatoms. The monoisotopic (exact) mass is 397 g/mol. The fourth-order valence-electron chi connectivity index (χ4n) is 3.80. The highest BCUT2D eigenvalue weighted by Crippen LogP contribution is 2.28. The molecule has 2 atom stereocenters. The van der Waals surface area contributed by atoms with Crippen LogP contribution in [0.25, 0.3) is 0 Å². The summed E-state index contributed by atoms with van der Waals surface area (Å²) in [6, 6.07) is 10.5. The topological polar surface area (TPSA) is 99.6 Å². The molecule has 1 fully saturated rings. The quantitative estimate of drug-likeness (QED) is 0.641. The van der Waals surface area contributed by atoms with E-state index < -0.39 is 6.10 Å². The lowest BCUT2D eigenvalue weighted by Gasteiger charge is -2.36. The predicted molar refractivity (Wildman–Crippen MR) is 109 cm³/mol. The SMILES string of the molecule is CC1c2ccccc2CCN1CC(O)CNC(=O)c1cc(NC2COC2)ncn1. The maximum absolute atomic E-state index is 12.4. The summed E-state index contributed by atoms with van der Waals surface area (Å²) in [5.41, 5.74) is 2.96. The number of nitrogens with zero attached hydrogens (tertiary/aromatic N) is 3. The average Bonchev–Trinajstić information content (AvgIpc) is 2.71. The fraction of sp³-hybridized carbons (Fsp3) is 0.476. The highest BCUT2D eigenvalue weighted by Gasteiger charge is 2.25. The Morgan fingerprint density at radius 1 is 1.34 bits per heavy atom. The van der Waals surface area contributed by atoms with Gasteiger partial charge in [-0.3, -0.25) is 9.69 Å². The number of rotatable bonds is 7. The number of β-amino-alcohol motifs (C(OH)–C–C–N with tert-alkyl or cyclic N) is 1. The van der Waals surface area contributed by atoms with Crippen molar-refractivity contribution in [2.45, 2.75) is 31.5 Å². The number of hydrogen-bond acceptors (Lipinski definition) is 7. The fourth-order valence-corrected chi connectivity index (χ4v) is 3.80. The van der Waals surface area contributed by atoms with Gasteiger partial charge in [-0.25, -0.2) is 9.97 Å². The van der Waals surface area contributed by atoms with Crippen LogP contribution in [0.15, 0.2) is 36.7 Å². The molecule has 2 aromatic rings. The minimum atomic E-state index is -0.654. The summed E-state index contributed by atoms with van der Waals surface area (Å²) in [4.78, 5) is 22.8. The molecule has 29 heavy (non-hydrogen) atoms. The van der Waals surface area contributed by atoms with E-state index in [1.165, 1.54) is 17.5 Å². The maximum Gasteiger partial charge on any atom is 0.270 e. The summed E-state index contributed by atoms with van der Waals surface area (Å²) in [6.45, 7) is 5.01. The van der Waals surface area contributed by atoms with Crippen LogP contribution >= 0.6 is 0 Å². The number of aliphatic hydroxyl groups excluding tert-OH is 1. The van der Waals surface area contributed by atoms with E-state index in [2.05, 4.69) is 56.7 Å². The Morgan fingerprint density at radius 2 is 2.17 bits per heavy atom. The number of carbonyl (C=O) groups is 1. The number of aliphatic hydroxyl groups is 1. The molecule has 0 bridgehead atoms. The van der Waals surface area contributed by atoms with Crippen LogP contribution in [0.5, 0.6) is 0 Å². The van der Waals surface area contributed by atoms with Crippen molar-refractivity contribution in [3.8, 4) is 0 Å². The molecule has 1 amide bonds. The van der Waals surface area contributed by atoms with Gasteiger partial charge in [0.05, 0.1) is 25.4 Å². The number of aromatic nitrogens is 2. The lowest BCUT2D eigenvalue weighted by molar-refractivity contribution is 0.0209. The van der Waals surface area contributed by atoms with Gasteiger partial charge in [-0.15, -0.1) is 0 Å². The number of carbonyl (C=O) groups excluding carboxylic acids is 1. The number of benzene rings is 1. The summed E-state index contributed by atoms with van der Waals surface area (Å²) < 4.78 is 5.12. The van der Waals surface area contributed by atoms with Crippen molar-refractivity contribution >= 4 is 11.7 Å². The van der Waals surface area contributed by atoms with Crippen LogP contribution < -0.4 is 10.6 Å². The second kappa shape index (κ2) is 8.86. The molecule has 2 unspecified atom stereocenters. The number of amides is 1. The highest BCUT2D eigenvalue weighted by atomic mass is 16.5. The average molecular weight is 397 g/mol. The van der Waals surface area contributed by atoms with Crippen molar-refractivity contribution in [1.29, 1.82) is 0 Å². The van der Waals surface area contributed by atoms with Gasteiger partial charge in [0.25, 0.3) is 5.91 Å². The first-order valence-electron chi connectivity index (χ1n) is 10.0. The molecule has 2 aliphatic heterocycles. The molecule has 0 radical (unpaired) electrons. The molecule has 3 N–H and O–H groups in total. The molecule has 4 rings (SSSR count). The van der Waals surface area contributed by atoms with Gasteiger partial charge in [0.2, 0.25) is 0 Å². The van der Waals surface area contributed by atoms with Gasteiger partial charge in [0.15, 0.2) is 0 Å². The van der Waals surface area contributed by atoms with E-state index in [9.17, 15) is 9.90 Å². The van der Waals surface area contributed by atoms with Crippen molar-refractivity contribution in [2.24, 2.45) is 0 Å². The van der Waals surface area contributed by atoms with E-state index in [1.54, 1.807) is 6.07 Å². The molecular weight excluding hydrogens is 370 g/mol. The van der Waals surface area contributed by atoms with Crippen molar-refractivity contribution in [3.05, 3.63) is 53.5 Å². The maximum atomic E-state index is 12.4. The van der Waals surface area contributed by atoms with Crippen molar-refractivity contribution in [3.63, 3.8) is 0 Å². The van der Waals surface area contributed by atoms with Crippen LogP contribution in [0.1, 0.15) is 34.6 Å².